The molecule has 0 saturated heterocycles. The van der Waals surface area contributed by atoms with E-state index in [4.69, 9.17) is 19.4 Å². The first-order valence-corrected chi connectivity index (χ1v) is 17.7. The number of rotatable bonds is 6. The zero-order valence-electron chi connectivity index (χ0n) is 28.9. The van der Waals surface area contributed by atoms with Crippen molar-refractivity contribution in [1.29, 1.82) is 5.41 Å². The van der Waals surface area contributed by atoms with Crippen LogP contribution < -0.4 is 5.43 Å². The fourth-order valence-electron chi connectivity index (χ4n) is 7.07. The van der Waals surface area contributed by atoms with Crippen LogP contribution in [0.3, 0.4) is 0 Å². The van der Waals surface area contributed by atoms with Crippen molar-refractivity contribution in [2.24, 2.45) is 5.10 Å². The van der Waals surface area contributed by atoms with E-state index in [1.54, 1.807) is 0 Å². The Morgan fingerprint density at radius 3 is 1.87 bits per heavy atom. The molecule has 254 valence electrons. The summed E-state index contributed by atoms with van der Waals surface area (Å²) in [7, 11) is 0. The van der Waals surface area contributed by atoms with Gasteiger partial charge < -0.3 is 4.42 Å². The molecule has 1 aliphatic carbocycles. The number of benzene rings is 7. The van der Waals surface area contributed by atoms with Gasteiger partial charge in [0.25, 0.3) is 0 Å². The molecule has 9 aromatic rings. The van der Waals surface area contributed by atoms with Crippen molar-refractivity contribution in [3.8, 4) is 45.3 Å². The summed E-state index contributed by atoms with van der Waals surface area (Å²) in [6.45, 7) is 0. The number of allylic oxidation sites excluding steroid dienone is 1. The zero-order chi connectivity index (χ0) is 36.0. The van der Waals surface area contributed by atoms with Gasteiger partial charge in [0, 0.05) is 33.0 Å². The highest BCUT2D eigenvalue weighted by atomic mass is 16.3. The maximum atomic E-state index is 9.26. The Bertz CT molecular complexity index is 2970. The fourth-order valence-corrected chi connectivity index (χ4v) is 7.07. The van der Waals surface area contributed by atoms with Gasteiger partial charge in [0.15, 0.2) is 17.5 Å². The second-order valence-electron chi connectivity index (χ2n) is 13.2. The molecule has 7 heteroatoms. The van der Waals surface area contributed by atoms with Crippen LogP contribution in [0.25, 0.3) is 84.1 Å². The minimum absolute atomic E-state index is 0.341. The van der Waals surface area contributed by atoms with Crippen LogP contribution in [-0.2, 0) is 0 Å². The van der Waals surface area contributed by atoms with Crippen LogP contribution in [0.1, 0.15) is 11.1 Å². The third-order valence-electron chi connectivity index (χ3n) is 9.84. The third-order valence-corrected chi connectivity index (χ3v) is 9.84. The summed E-state index contributed by atoms with van der Waals surface area (Å²) in [5.74, 6) is 1.63. The van der Waals surface area contributed by atoms with Gasteiger partial charge in [0.2, 0.25) is 0 Å². The predicted molar refractivity (Wildman–Crippen MR) is 220 cm³/mol. The molecule has 2 heterocycles. The van der Waals surface area contributed by atoms with Gasteiger partial charge in [0.05, 0.1) is 11.4 Å². The highest BCUT2D eigenvalue weighted by Gasteiger charge is 2.21. The van der Waals surface area contributed by atoms with Crippen LogP contribution in [0.2, 0.25) is 0 Å². The molecule has 0 spiro atoms. The highest BCUT2D eigenvalue weighted by Crippen LogP contribution is 2.35. The summed E-state index contributed by atoms with van der Waals surface area (Å²) in [4.78, 5) is 15.2. The molecule has 10 rings (SSSR count). The lowest BCUT2D eigenvalue weighted by Gasteiger charge is -2.17. The number of hydrogen-bond donors (Lipinski definition) is 2. The quantitative estimate of drug-likeness (QED) is 0.169. The number of fused-ring (bicyclic) bond motifs is 6. The molecular formula is C47H30N6O. The molecule has 2 N–H and O–H groups in total. The monoisotopic (exact) mass is 694 g/mol. The first-order valence-electron chi connectivity index (χ1n) is 17.7. The van der Waals surface area contributed by atoms with Crippen LogP contribution in [0.5, 0.6) is 0 Å². The molecule has 7 aromatic carbocycles. The number of nitrogens with zero attached hydrogens (tertiary/aromatic N) is 4. The molecule has 0 bridgehead atoms. The summed E-state index contributed by atoms with van der Waals surface area (Å²) in [6.07, 6.45) is 3.89. The van der Waals surface area contributed by atoms with E-state index in [0.717, 1.165) is 77.3 Å². The van der Waals surface area contributed by atoms with Gasteiger partial charge in [-0.3, -0.25) is 10.8 Å². The number of anilines is 1. The van der Waals surface area contributed by atoms with Crippen molar-refractivity contribution in [3.05, 3.63) is 175 Å². The van der Waals surface area contributed by atoms with Crippen molar-refractivity contribution in [3.63, 3.8) is 0 Å². The second-order valence-corrected chi connectivity index (χ2v) is 13.2. The normalized spacial score (nSPS) is 13.2. The molecule has 2 aromatic heterocycles. The number of hydrazone groups is 1. The smallest absolute Gasteiger partial charge is 0.164 e. The van der Waals surface area contributed by atoms with Crippen molar-refractivity contribution >= 4 is 55.9 Å². The number of aromatic nitrogens is 3. The predicted octanol–water partition coefficient (Wildman–Crippen LogP) is 11.5. The van der Waals surface area contributed by atoms with Crippen LogP contribution >= 0.6 is 0 Å². The Labute approximate surface area is 310 Å². The molecule has 0 amide bonds. The summed E-state index contributed by atoms with van der Waals surface area (Å²) in [5.41, 5.74) is 13.0. The van der Waals surface area contributed by atoms with Gasteiger partial charge in [-0.15, -0.1) is 0 Å². The molecule has 0 atom stereocenters. The van der Waals surface area contributed by atoms with E-state index in [2.05, 4.69) is 83.3 Å². The van der Waals surface area contributed by atoms with Gasteiger partial charge >= 0.3 is 0 Å². The number of hydrogen-bond acceptors (Lipinski definition) is 7. The average Bonchev–Trinajstić information content (AvgIpc) is 3.62. The Kier molecular flexibility index (Phi) is 7.47. The van der Waals surface area contributed by atoms with E-state index in [1.165, 1.54) is 0 Å². The Hall–Kier alpha value is -7.51. The maximum Gasteiger partial charge on any atom is 0.164 e. The summed E-state index contributed by atoms with van der Waals surface area (Å²) < 4.78 is 6.25. The van der Waals surface area contributed by atoms with E-state index in [-0.39, 0.29) is 0 Å². The van der Waals surface area contributed by atoms with Gasteiger partial charge in [-0.2, -0.15) is 5.10 Å². The van der Waals surface area contributed by atoms with Gasteiger partial charge in [-0.05, 0) is 69.9 Å². The largest absolute Gasteiger partial charge is 0.456 e. The van der Waals surface area contributed by atoms with Crippen LogP contribution in [0.15, 0.2) is 173 Å². The first kappa shape index (κ1) is 31.2. The SMILES string of the molecule is N=C1/C(=N\Nc2ccccc2)C=Cc2ccc3ccc(-c4nc(-c5ccc(-c6ccccc6)cc5)nc(-c5ccc6c(c5)oc5ccccc56)n4)cc3c21. The van der Waals surface area contributed by atoms with E-state index < -0.39 is 0 Å². The average molecular weight is 695 g/mol. The van der Waals surface area contributed by atoms with Gasteiger partial charge in [-0.1, -0.05) is 127 Å². The van der Waals surface area contributed by atoms with E-state index in [9.17, 15) is 5.41 Å². The van der Waals surface area contributed by atoms with E-state index in [0.29, 0.717) is 28.9 Å². The summed E-state index contributed by atoms with van der Waals surface area (Å²) in [6, 6.07) is 52.8. The second kappa shape index (κ2) is 12.9. The zero-order valence-corrected chi connectivity index (χ0v) is 28.9. The first-order chi connectivity index (χ1) is 26.6. The molecule has 0 radical (unpaired) electrons. The van der Waals surface area contributed by atoms with Crippen molar-refractivity contribution in [2.45, 2.75) is 0 Å². The lowest BCUT2D eigenvalue weighted by Crippen LogP contribution is -2.18. The number of furan rings is 1. The molecular weight excluding hydrogens is 665 g/mol. The van der Waals surface area contributed by atoms with Crippen molar-refractivity contribution < 1.29 is 4.42 Å². The topological polar surface area (TPSA) is 100 Å². The van der Waals surface area contributed by atoms with Gasteiger partial charge in [0.1, 0.15) is 16.9 Å². The minimum Gasteiger partial charge on any atom is -0.456 e. The third kappa shape index (κ3) is 5.61. The van der Waals surface area contributed by atoms with Crippen LogP contribution in [0, 0.1) is 5.41 Å². The summed E-state index contributed by atoms with van der Waals surface area (Å²) >= 11 is 0. The van der Waals surface area contributed by atoms with Crippen molar-refractivity contribution in [2.75, 3.05) is 5.43 Å². The van der Waals surface area contributed by atoms with Gasteiger partial charge in [-0.25, -0.2) is 15.0 Å². The molecule has 0 unspecified atom stereocenters. The van der Waals surface area contributed by atoms with E-state index >= 15 is 0 Å². The lowest BCUT2D eigenvalue weighted by molar-refractivity contribution is 0.669. The molecule has 0 fully saturated rings. The molecule has 0 saturated carbocycles. The van der Waals surface area contributed by atoms with Crippen molar-refractivity contribution in [1.82, 2.24) is 15.0 Å². The number of para-hydroxylation sites is 2. The Balaban J connectivity index is 1.10. The Morgan fingerprint density at radius 1 is 0.481 bits per heavy atom. The molecule has 54 heavy (non-hydrogen) atoms. The lowest BCUT2D eigenvalue weighted by atomic mass is 9.88. The van der Waals surface area contributed by atoms with E-state index in [1.807, 2.05) is 97.1 Å². The maximum absolute atomic E-state index is 9.26. The molecule has 1 aliphatic rings. The van der Waals surface area contributed by atoms with Crippen LogP contribution in [-0.4, -0.2) is 26.4 Å². The number of nitrogens with one attached hydrogen (secondary N) is 2. The standard InChI is InChI=1S/C47H30N6O/c48-44-40(53-52-36-11-5-2-6-12-36)26-24-32-19-17-31-18-22-34(27-39(31)43(32)44)46-49-45(33-20-15-30(16-21-33)29-9-3-1-4-10-29)50-47(51-46)35-23-25-38-37-13-7-8-14-41(37)54-42(38)28-35/h1-28,48,52H/b48-44?,53-40-. The highest BCUT2D eigenvalue weighted by molar-refractivity contribution is 6.55. The molecule has 7 nitrogen and oxygen atoms in total. The fraction of sp³-hybridized carbons (Fsp3) is 0. The molecule has 0 aliphatic heterocycles. The summed E-state index contributed by atoms with van der Waals surface area (Å²) in [5, 5.41) is 17.9. The van der Waals surface area contributed by atoms with Crippen LogP contribution in [0.4, 0.5) is 5.69 Å². The minimum atomic E-state index is 0.341. The Morgan fingerprint density at radius 2 is 1.07 bits per heavy atom.